The average Bonchev–Trinajstić information content (AvgIpc) is 3.08. The Kier molecular flexibility index (Phi) is 3.20. The first-order valence-electron chi connectivity index (χ1n) is 5.66. The van der Waals surface area contributed by atoms with Crippen molar-refractivity contribution >= 4 is 23.3 Å². The second-order valence-electron chi connectivity index (χ2n) is 3.80. The van der Waals surface area contributed by atoms with E-state index in [1.807, 2.05) is 30.3 Å². The second-order valence-corrected chi connectivity index (χ2v) is 4.07. The van der Waals surface area contributed by atoms with Crippen LogP contribution in [0.2, 0.25) is 0 Å². The predicted octanol–water partition coefficient (Wildman–Crippen LogP) is 3.81. The summed E-state index contributed by atoms with van der Waals surface area (Å²) in [7, 11) is 0. The number of benzene rings is 1. The Balaban J connectivity index is 1.79. The van der Waals surface area contributed by atoms with Gasteiger partial charge in [0.2, 0.25) is 0 Å². The highest BCUT2D eigenvalue weighted by Crippen LogP contribution is 2.24. The molecule has 3 aromatic rings. The van der Waals surface area contributed by atoms with Crippen LogP contribution in [-0.2, 0) is 5.88 Å². The molecule has 0 bridgehead atoms. The maximum atomic E-state index is 5.67. The molecule has 1 aromatic carbocycles. The Morgan fingerprint density at radius 1 is 1.00 bits per heavy atom. The van der Waals surface area contributed by atoms with Gasteiger partial charge in [0.15, 0.2) is 5.76 Å². The smallest absolute Gasteiger partial charge is 0.320 e. The Labute approximate surface area is 114 Å². The molecule has 0 saturated heterocycles. The molecule has 0 saturated carbocycles. The van der Waals surface area contributed by atoms with E-state index in [0.717, 1.165) is 5.69 Å². The van der Waals surface area contributed by atoms with E-state index in [9.17, 15) is 0 Å². The lowest BCUT2D eigenvalue weighted by Crippen LogP contribution is -1.88. The van der Waals surface area contributed by atoms with Crippen molar-refractivity contribution in [2.24, 2.45) is 0 Å². The number of nitrogens with one attached hydrogen (secondary N) is 1. The summed E-state index contributed by atoms with van der Waals surface area (Å²) < 4.78 is 10.9. The molecule has 0 spiro atoms. The van der Waals surface area contributed by atoms with Crippen LogP contribution in [0.1, 0.15) is 5.76 Å². The molecule has 0 radical (unpaired) electrons. The SMILES string of the molecule is ClCc1ccc(-c2nnc(Nc3ccccc3)o2)o1. The van der Waals surface area contributed by atoms with Crippen molar-refractivity contribution in [1.82, 2.24) is 10.2 Å². The van der Waals surface area contributed by atoms with Crippen LogP contribution in [-0.4, -0.2) is 10.2 Å². The maximum Gasteiger partial charge on any atom is 0.320 e. The summed E-state index contributed by atoms with van der Waals surface area (Å²) in [6, 6.07) is 13.4. The average molecular weight is 276 g/mol. The van der Waals surface area contributed by atoms with Crippen molar-refractivity contribution < 1.29 is 8.83 Å². The monoisotopic (exact) mass is 275 g/mol. The van der Waals surface area contributed by atoms with Crippen molar-refractivity contribution in [3.63, 3.8) is 0 Å². The van der Waals surface area contributed by atoms with Crippen molar-refractivity contribution in [3.8, 4) is 11.7 Å². The Morgan fingerprint density at radius 3 is 2.58 bits per heavy atom. The molecule has 0 aliphatic heterocycles. The fourth-order valence-corrected chi connectivity index (χ4v) is 1.73. The van der Waals surface area contributed by atoms with E-state index in [-0.39, 0.29) is 0 Å². The zero-order valence-electron chi connectivity index (χ0n) is 9.84. The minimum absolute atomic E-state index is 0.309. The first-order chi connectivity index (χ1) is 9.35. The first-order valence-corrected chi connectivity index (χ1v) is 6.19. The number of alkyl halides is 1. The highest BCUT2D eigenvalue weighted by atomic mass is 35.5. The van der Waals surface area contributed by atoms with E-state index in [2.05, 4.69) is 15.5 Å². The van der Waals surface area contributed by atoms with Crippen LogP contribution < -0.4 is 5.32 Å². The van der Waals surface area contributed by atoms with Crippen LogP contribution in [0, 0.1) is 0 Å². The number of rotatable bonds is 4. The molecule has 5 nitrogen and oxygen atoms in total. The fraction of sp³-hybridized carbons (Fsp3) is 0.0769. The van der Waals surface area contributed by atoms with E-state index >= 15 is 0 Å². The number of aromatic nitrogens is 2. The summed E-state index contributed by atoms with van der Waals surface area (Å²) in [5.41, 5.74) is 0.874. The molecule has 96 valence electrons. The summed E-state index contributed by atoms with van der Waals surface area (Å²) >= 11 is 5.67. The molecule has 0 unspecified atom stereocenters. The van der Waals surface area contributed by atoms with Gasteiger partial charge >= 0.3 is 6.01 Å². The zero-order chi connectivity index (χ0) is 13.1. The van der Waals surface area contributed by atoms with Gasteiger partial charge in [-0.1, -0.05) is 23.3 Å². The third-order valence-corrected chi connectivity index (χ3v) is 2.72. The molecule has 0 amide bonds. The molecule has 0 aliphatic carbocycles. The van der Waals surface area contributed by atoms with Gasteiger partial charge in [-0.25, -0.2) is 0 Å². The van der Waals surface area contributed by atoms with Gasteiger partial charge in [0, 0.05) is 5.69 Å². The highest BCUT2D eigenvalue weighted by Gasteiger charge is 2.12. The van der Waals surface area contributed by atoms with E-state index in [4.69, 9.17) is 20.4 Å². The molecule has 0 fully saturated rings. The summed E-state index contributed by atoms with van der Waals surface area (Å²) in [5.74, 6) is 1.79. The van der Waals surface area contributed by atoms with Crippen LogP contribution >= 0.6 is 11.6 Å². The summed E-state index contributed by atoms with van der Waals surface area (Å²) in [5, 5.41) is 10.8. The minimum Gasteiger partial charge on any atom is -0.455 e. The van der Waals surface area contributed by atoms with Crippen LogP contribution in [0.15, 0.2) is 51.3 Å². The first kappa shape index (κ1) is 11.8. The Morgan fingerprint density at radius 2 is 1.84 bits per heavy atom. The van der Waals surface area contributed by atoms with Gasteiger partial charge in [-0.2, -0.15) is 0 Å². The van der Waals surface area contributed by atoms with Crippen LogP contribution in [0.5, 0.6) is 0 Å². The van der Waals surface area contributed by atoms with Crippen molar-refractivity contribution in [2.75, 3.05) is 5.32 Å². The molecular formula is C13H10ClN3O2. The number of hydrogen-bond donors (Lipinski definition) is 1. The number of halogens is 1. The Hall–Kier alpha value is -2.27. The van der Waals surface area contributed by atoms with E-state index in [0.29, 0.717) is 29.3 Å². The molecule has 3 rings (SSSR count). The molecule has 19 heavy (non-hydrogen) atoms. The van der Waals surface area contributed by atoms with Gasteiger partial charge in [-0.15, -0.1) is 16.7 Å². The van der Waals surface area contributed by atoms with Crippen molar-refractivity contribution in [3.05, 3.63) is 48.2 Å². The summed E-state index contributed by atoms with van der Waals surface area (Å²) in [6.45, 7) is 0. The van der Waals surface area contributed by atoms with Crippen molar-refractivity contribution in [2.45, 2.75) is 5.88 Å². The maximum absolute atomic E-state index is 5.67. The summed E-state index contributed by atoms with van der Waals surface area (Å²) in [4.78, 5) is 0. The Bertz CT molecular complexity index is 663. The lowest BCUT2D eigenvalue weighted by Gasteiger charge is -1.98. The number of anilines is 2. The molecule has 1 N–H and O–H groups in total. The fourth-order valence-electron chi connectivity index (χ4n) is 1.58. The molecule has 2 aromatic heterocycles. The lowest BCUT2D eigenvalue weighted by atomic mass is 10.3. The second kappa shape index (κ2) is 5.16. The lowest BCUT2D eigenvalue weighted by molar-refractivity contribution is 0.503. The number of furan rings is 1. The van der Waals surface area contributed by atoms with E-state index in [1.54, 1.807) is 12.1 Å². The standard InChI is InChI=1S/C13H10ClN3O2/c14-8-10-6-7-11(18-10)12-16-17-13(19-12)15-9-4-2-1-3-5-9/h1-7H,8H2,(H,15,17). The third-order valence-electron chi connectivity index (χ3n) is 2.45. The molecule has 0 atom stereocenters. The number of hydrogen-bond acceptors (Lipinski definition) is 5. The van der Waals surface area contributed by atoms with Gasteiger partial charge in [-0.05, 0) is 24.3 Å². The zero-order valence-corrected chi connectivity index (χ0v) is 10.6. The molecular weight excluding hydrogens is 266 g/mol. The van der Waals surface area contributed by atoms with Crippen LogP contribution in [0.3, 0.4) is 0 Å². The van der Waals surface area contributed by atoms with Gasteiger partial charge in [-0.3, -0.25) is 0 Å². The minimum atomic E-state index is 0.309. The van der Waals surface area contributed by atoms with Gasteiger partial charge < -0.3 is 14.2 Å². The third kappa shape index (κ3) is 2.61. The van der Waals surface area contributed by atoms with Gasteiger partial charge in [0.25, 0.3) is 5.89 Å². The topological polar surface area (TPSA) is 64.1 Å². The number of para-hydroxylation sites is 1. The van der Waals surface area contributed by atoms with Crippen LogP contribution in [0.4, 0.5) is 11.7 Å². The predicted molar refractivity (Wildman–Crippen MR) is 71.3 cm³/mol. The number of nitrogens with zero attached hydrogens (tertiary/aromatic N) is 2. The van der Waals surface area contributed by atoms with E-state index in [1.165, 1.54) is 0 Å². The largest absolute Gasteiger partial charge is 0.455 e. The van der Waals surface area contributed by atoms with Gasteiger partial charge in [0.05, 0.1) is 5.88 Å². The molecule has 0 aliphatic rings. The van der Waals surface area contributed by atoms with Crippen molar-refractivity contribution in [1.29, 1.82) is 0 Å². The normalized spacial score (nSPS) is 10.6. The van der Waals surface area contributed by atoms with E-state index < -0.39 is 0 Å². The molecule has 2 heterocycles. The van der Waals surface area contributed by atoms with Crippen LogP contribution in [0.25, 0.3) is 11.7 Å². The molecule has 6 heteroatoms. The quantitative estimate of drug-likeness (QED) is 0.734. The highest BCUT2D eigenvalue weighted by molar-refractivity contribution is 6.16. The summed E-state index contributed by atoms with van der Waals surface area (Å²) in [6.07, 6.45) is 0. The van der Waals surface area contributed by atoms with Gasteiger partial charge in [0.1, 0.15) is 5.76 Å².